The SMILES string of the molecule is O=C1[C@@H](O)C[C@H](c2cccc(Cl)c2)N1c1ccc(Cl)cn1. The zero-order valence-electron chi connectivity index (χ0n) is 10.9. The number of rotatable bonds is 2. The summed E-state index contributed by atoms with van der Waals surface area (Å²) >= 11 is 11.8. The second-order valence-corrected chi connectivity index (χ2v) is 5.74. The first kappa shape index (κ1) is 14.3. The van der Waals surface area contributed by atoms with E-state index in [1.165, 1.54) is 11.1 Å². The molecule has 6 heteroatoms. The highest BCUT2D eigenvalue weighted by molar-refractivity contribution is 6.30. The van der Waals surface area contributed by atoms with Crippen molar-refractivity contribution in [2.45, 2.75) is 18.6 Å². The van der Waals surface area contributed by atoms with Gasteiger partial charge in [0, 0.05) is 17.6 Å². The molecule has 0 spiro atoms. The molecular formula is C15H12Cl2N2O2. The average molecular weight is 323 g/mol. The highest BCUT2D eigenvalue weighted by Crippen LogP contribution is 2.37. The highest BCUT2D eigenvalue weighted by atomic mass is 35.5. The Morgan fingerprint density at radius 2 is 2.00 bits per heavy atom. The largest absolute Gasteiger partial charge is 0.383 e. The summed E-state index contributed by atoms with van der Waals surface area (Å²) in [6.45, 7) is 0. The summed E-state index contributed by atoms with van der Waals surface area (Å²) in [4.78, 5) is 17.9. The van der Waals surface area contributed by atoms with Crippen molar-refractivity contribution in [3.63, 3.8) is 0 Å². The molecule has 1 amide bonds. The number of halogens is 2. The van der Waals surface area contributed by atoms with Crippen molar-refractivity contribution in [2.24, 2.45) is 0 Å². The Hall–Kier alpha value is -1.62. The van der Waals surface area contributed by atoms with Gasteiger partial charge in [0.1, 0.15) is 11.9 Å². The summed E-state index contributed by atoms with van der Waals surface area (Å²) in [5.41, 5.74) is 0.865. The molecule has 1 aliphatic heterocycles. The maximum atomic E-state index is 12.2. The maximum Gasteiger partial charge on any atom is 0.257 e. The number of hydrogen-bond donors (Lipinski definition) is 1. The van der Waals surface area contributed by atoms with Crippen LogP contribution in [0.4, 0.5) is 5.82 Å². The average Bonchev–Trinajstić information content (AvgIpc) is 2.76. The highest BCUT2D eigenvalue weighted by Gasteiger charge is 2.40. The summed E-state index contributed by atoms with van der Waals surface area (Å²) in [6, 6.07) is 10.3. The van der Waals surface area contributed by atoms with Crippen LogP contribution >= 0.6 is 23.2 Å². The van der Waals surface area contributed by atoms with Gasteiger partial charge in [0.15, 0.2) is 0 Å². The summed E-state index contributed by atoms with van der Waals surface area (Å²) in [5.74, 6) is 0.0979. The Bertz CT molecular complexity index is 676. The first-order valence-corrected chi connectivity index (χ1v) is 7.20. The number of carbonyl (C=O) groups excluding carboxylic acids is 1. The fourth-order valence-corrected chi connectivity index (χ4v) is 2.82. The minimum atomic E-state index is -1.04. The fraction of sp³-hybridized carbons (Fsp3) is 0.200. The molecule has 21 heavy (non-hydrogen) atoms. The van der Waals surface area contributed by atoms with Gasteiger partial charge in [0.25, 0.3) is 5.91 Å². The van der Waals surface area contributed by atoms with Gasteiger partial charge in [-0.15, -0.1) is 0 Å². The molecule has 4 nitrogen and oxygen atoms in total. The van der Waals surface area contributed by atoms with Gasteiger partial charge >= 0.3 is 0 Å². The molecule has 1 aromatic carbocycles. The van der Waals surface area contributed by atoms with Crippen LogP contribution < -0.4 is 4.90 Å². The van der Waals surface area contributed by atoms with Gasteiger partial charge in [-0.3, -0.25) is 9.69 Å². The van der Waals surface area contributed by atoms with Crippen molar-refractivity contribution in [2.75, 3.05) is 4.90 Å². The van der Waals surface area contributed by atoms with Crippen LogP contribution in [0.25, 0.3) is 0 Å². The molecule has 0 bridgehead atoms. The summed E-state index contributed by atoms with van der Waals surface area (Å²) in [6.07, 6.45) is 0.749. The van der Waals surface area contributed by atoms with Crippen molar-refractivity contribution >= 4 is 34.9 Å². The van der Waals surface area contributed by atoms with Crippen molar-refractivity contribution in [1.82, 2.24) is 4.98 Å². The van der Waals surface area contributed by atoms with E-state index >= 15 is 0 Å². The smallest absolute Gasteiger partial charge is 0.257 e. The lowest BCUT2D eigenvalue weighted by atomic mass is 10.0. The van der Waals surface area contributed by atoms with Crippen LogP contribution in [0, 0.1) is 0 Å². The number of pyridine rings is 1. The van der Waals surface area contributed by atoms with E-state index in [2.05, 4.69) is 4.98 Å². The number of benzene rings is 1. The molecule has 0 saturated carbocycles. The quantitative estimate of drug-likeness (QED) is 0.923. The maximum absolute atomic E-state index is 12.2. The molecular weight excluding hydrogens is 311 g/mol. The van der Waals surface area contributed by atoms with E-state index in [1.807, 2.05) is 12.1 Å². The van der Waals surface area contributed by atoms with Crippen molar-refractivity contribution in [3.05, 3.63) is 58.2 Å². The second-order valence-electron chi connectivity index (χ2n) is 4.87. The number of aliphatic hydroxyl groups excluding tert-OH is 1. The van der Waals surface area contributed by atoms with Gasteiger partial charge in [-0.2, -0.15) is 0 Å². The molecule has 2 aromatic rings. The Labute approximate surface area is 131 Å². The lowest BCUT2D eigenvalue weighted by Crippen LogP contribution is -2.31. The van der Waals surface area contributed by atoms with Crippen molar-refractivity contribution in [1.29, 1.82) is 0 Å². The van der Waals surface area contributed by atoms with E-state index in [0.717, 1.165) is 5.56 Å². The molecule has 1 N–H and O–H groups in total. The predicted octanol–water partition coefficient (Wildman–Crippen LogP) is 3.23. The van der Waals surface area contributed by atoms with E-state index in [4.69, 9.17) is 23.2 Å². The molecule has 1 aromatic heterocycles. The third kappa shape index (κ3) is 2.75. The van der Waals surface area contributed by atoms with Crippen molar-refractivity contribution in [3.8, 4) is 0 Å². The van der Waals surface area contributed by atoms with E-state index in [1.54, 1.807) is 24.3 Å². The molecule has 1 aliphatic rings. The zero-order chi connectivity index (χ0) is 15.0. The van der Waals surface area contributed by atoms with E-state index < -0.39 is 6.10 Å². The summed E-state index contributed by atoms with van der Waals surface area (Å²) in [7, 11) is 0. The van der Waals surface area contributed by atoms with Gasteiger partial charge in [-0.1, -0.05) is 35.3 Å². The van der Waals surface area contributed by atoms with Gasteiger partial charge in [0.2, 0.25) is 0 Å². The lowest BCUT2D eigenvalue weighted by molar-refractivity contribution is -0.124. The van der Waals surface area contributed by atoms with Crippen LogP contribution in [-0.4, -0.2) is 22.1 Å². The van der Waals surface area contributed by atoms with Crippen molar-refractivity contribution < 1.29 is 9.90 Å². The molecule has 2 heterocycles. The van der Waals surface area contributed by atoms with E-state index in [-0.39, 0.29) is 11.9 Å². The minimum absolute atomic E-state index is 0.292. The molecule has 0 unspecified atom stereocenters. The molecule has 2 atom stereocenters. The van der Waals surface area contributed by atoms with Crippen LogP contribution in [0.2, 0.25) is 10.0 Å². The number of hydrogen-bond acceptors (Lipinski definition) is 3. The standard InChI is InChI=1S/C15H12Cl2N2O2/c16-10-3-1-2-9(6-10)12-7-13(20)15(21)19(12)14-5-4-11(17)8-18-14/h1-6,8,12-13,20H,7H2/t12-,13+/m1/s1. The first-order chi connectivity index (χ1) is 10.1. The number of nitrogens with zero attached hydrogens (tertiary/aromatic N) is 2. The topological polar surface area (TPSA) is 53.4 Å². The molecule has 1 saturated heterocycles. The lowest BCUT2D eigenvalue weighted by Gasteiger charge is -2.24. The number of aromatic nitrogens is 1. The Kier molecular flexibility index (Phi) is 3.85. The number of aliphatic hydroxyl groups is 1. The summed E-state index contributed by atoms with van der Waals surface area (Å²) in [5, 5.41) is 11.0. The van der Waals surface area contributed by atoms with Crippen LogP contribution in [-0.2, 0) is 4.79 Å². The second kappa shape index (κ2) is 5.64. The van der Waals surface area contributed by atoms with Gasteiger partial charge in [-0.25, -0.2) is 4.98 Å². The van der Waals surface area contributed by atoms with Crippen LogP contribution in [0.3, 0.4) is 0 Å². The van der Waals surface area contributed by atoms with Crippen LogP contribution in [0.5, 0.6) is 0 Å². The molecule has 0 radical (unpaired) electrons. The minimum Gasteiger partial charge on any atom is -0.383 e. The molecule has 3 rings (SSSR count). The van der Waals surface area contributed by atoms with Gasteiger partial charge in [0.05, 0.1) is 11.1 Å². The molecule has 0 aliphatic carbocycles. The predicted molar refractivity (Wildman–Crippen MR) is 81.5 cm³/mol. The van der Waals surface area contributed by atoms with E-state index in [0.29, 0.717) is 22.3 Å². The third-order valence-electron chi connectivity index (χ3n) is 3.47. The molecule has 108 valence electrons. The Morgan fingerprint density at radius 3 is 2.67 bits per heavy atom. The first-order valence-electron chi connectivity index (χ1n) is 6.44. The fourth-order valence-electron chi connectivity index (χ4n) is 2.51. The van der Waals surface area contributed by atoms with Gasteiger partial charge < -0.3 is 5.11 Å². The molecule has 1 fully saturated rings. The number of anilines is 1. The summed E-state index contributed by atoms with van der Waals surface area (Å²) < 4.78 is 0. The zero-order valence-corrected chi connectivity index (χ0v) is 12.4. The van der Waals surface area contributed by atoms with Crippen LogP contribution in [0.1, 0.15) is 18.0 Å². The van der Waals surface area contributed by atoms with Gasteiger partial charge in [-0.05, 0) is 29.8 Å². The van der Waals surface area contributed by atoms with Crippen LogP contribution in [0.15, 0.2) is 42.6 Å². The number of amides is 1. The normalized spacial score (nSPS) is 21.9. The van der Waals surface area contributed by atoms with E-state index in [9.17, 15) is 9.90 Å². The Balaban J connectivity index is 2.02. The number of carbonyl (C=O) groups is 1. The Morgan fingerprint density at radius 1 is 1.19 bits per heavy atom. The monoisotopic (exact) mass is 322 g/mol. The third-order valence-corrected chi connectivity index (χ3v) is 3.93.